The van der Waals surface area contributed by atoms with Crippen molar-refractivity contribution in [1.82, 2.24) is 0 Å². The van der Waals surface area contributed by atoms with E-state index in [0.29, 0.717) is 0 Å². The fourth-order valence-electron chi connectivity index (χ4n) is 3.04. The van der Waals surface area contributed by atoms with Crippen molar-refractivity contribution in [2.24, 2.45) is 11.7 Å². The van der Waals surface area contributed by atoms with Gasteiger partial charge >= 0.3 is 0 Å². The summed E-state index contributed by atoms with van der Waals surface area (Å²) in [7, 11) is -1.46. The molecule has 20 heavy (non-hydrogen) atoms. The van der Waals surface area contributed by atoms with E-state index in [1.54, 1.807) is 5.57 Å². The zero-order valence-corrected chi connectivity index (χ0v) is 14.9. The lowest BCUT2D eigenvalue weighted by molar-refractivity contribution is 0.300. The lowest BCUT2D eigenvalue weighted by Crippen LogP contribution is -2.32. The van der Waals surface area contributed by atoms with Crippen LogP contribution in [0.1, 0.15) is 58.3 Å². The standard InChI is InChI=1S/C17H35NOSi/c1-4-5-14-20(2,3)19-15-17(12-9-13-18)16-10-7-6-8-11-16/h12,16H,4-11,13-15,18H2,1-3H3. The quantitative estimate of drug-likeness (QED) is 0.487. The summed E-state index contributed by atoms with van der Waals surface area (Å²) in [5.74, 6) is 0.770. The average Bonchev–Trinajstić information content (AvgIpc) is 2.46. The Labute approximate surface area is 127 Å². The number of hydrogen-bond donors (Lipinski definition) is 1. The molecule has 0 spiro atoms. The summed E-state index contributed by atoms with van der Waals surface area (Å²) in [5, 5.41) is 0. The first-order valence-corrected chi connectivity index (χ1v) is 11.7. The Morgan fingerprint density at radius 3 is 2.55 bits per heavy atom. The van der Waals surface area contributed by atoms with Crippen molar-refractivity contribution in [2.75, 3.05) is 13.2 Å². The second-order valence-electron chi connectivity index (χ2n) is 6.84. The number of unbranched alkanes of at least 4 members (excludes halogenated alkanes) is 1. The lowest BCUT2D eigenvalue weighted by Gasteiger charge is -2.29. The predicted octanol–water partition coefficient (Wildman–Crippen LogP) is 4.86. The number of nitrogens with two attached hydrogens (primary N) is 1. The van der Waals surface area contributed by atoms with Gasteiger partial charge in [0, 0.05) is 0 Å². The smallest absolute Gasteiger partial charge is 0.187 e. The molecule has 1 rings (SSSR count). The summed E-state index contributed by atoms with van der Waals surface area (Å²) in [4.78, 5) is 0. The van der Waals surface area contributed by atoms with Crippen LogP contribution in [0.5, 0.6) is 0 Å². The maximum absolute atomic E-state index is 6.37. The zero-order chi connectivity index (χ0) is 14.8. The van der Waals surface area contributed by atoms with Gasteiger partial charge in [-0.15, -0.1) is 0 Å². The second kappa shape index (κ2) is 9.75. The highest BCUT2D eigenvalue weighted by Gasteiger charge is 2.24. The summed E-state index contributed by atoms with van der Waals surface area (Å²) in [6.45, 7) is 8.62. The minimum Gasteiger partial charge on any atom is -0.413 e. The molecule has 0 unspecified atom stereocenters. The van der Waals surface area contributed by atoms with Crippen molar-refractivity contribution in [3.63, 3.8) is 0 Å². The second-order valence-corrected chi connectivity index (χ2v) is 11.2. The number of hydrogen-bond acceptors (Lipinski definition) is 2. The van der Waals surface area contributed by atoms with E-state index in [2.05, 4.69) is 26.1 Å². The molecule has 3 heteroatoms. The fourth-order valence-corrected chi connectivity index (χ4v) is 4.95. The Balaban J connectivity index is 2.51. The van der Waals surface area contributed by atoms with Crippen molar-refractivity contribution >= 4 is 8.32 Å². The Hall–Kier alpha value is -0.123. The van der Waals surface area contributed by atoms with E-state index in [0.717, 1.165) is 25.5 Å². The number of rotatable bonds is 9. The maximum Gasteiger partial charge on any atom is 0.187 e. The lowest BCUT2D eigenvalue weighted by atomic mass is 9.83. The van der Waals surface area contributed by atoms with Crippen LogP contribution in [-0.2, 0) is 4.43 Å². The van der Waals surface area contributed by atoms with Gasteiger partial charge in [-0.2, -0.15) is 0 Å². The summed E-state index contributed by atoms with van der Waals surface area (Å²) in [6.07, 6.45) is 12.9. The maximum atomic E-state index is 6.37. The molecule has 0 aromatic carbocycles. The molecule has 0 heterocycles. The van der Waals surface area contributed by atoms with Crippen molar-refractivity contribution in [2.45, 2.75) is 77.4 Å². The molecule has 0 aromatic rings. The molecular weight excluding hydrogens is 262 g/mol. The molecule has 0 saturated heterocycles. The van der Waals surface area contributed by atoms with E-state index in [1.807, 2.05) is 0 Å². The van der Waals surface area contributed by atoms with Crippen LogP contribution in [-0.4, -0.2) is 21.5 Å². The van der Waals surface area contributed by atoms with Gasteiger partial charge in [0.2, 0.25) is 0 Å². The largest absolute Gasteiger partial charge is 0.413 e. The van der Waals surface area contributed by atoms with Gasteiger partial charge in [-0.25, -0.2) is 0 Å². The molecule has 0 bridgehead atoms. The van der Waals surface area contributed by atoms with Crippen LogP contribution in [0.4, 0.5) is 0 Å². The normalized spacial score (nSPS) is 18.5. The monoisotopic (exact) mass is 297 g/mol. The summed E-state index contributed by atoms with van der Waals surface area (Å²) in [5.41, 5.74) is 7.23. The van der Waals surface area contributed by atoms with E-state index < -0.39 is 8.32 Å². The van der Waals surface area contributed by atoms with Crippen molar-refractivity contribution in [3.8, 4) is 0 Å². The van der Waals surface area contributed by atoms with Crippen LogP contribution in [0.3, 0.4) is 0 Å². The SMILES string of the molecule is CCCC[Si](C)(C)OCC(=CCCN)C1CCCCC1. The van der Waals surface area contributed by atoms with E-state index >= 15 is 0 Å². The van der Waals surface area contributed by atoms with Crippen LogP contribution in [0, 0.1) is 5.92 Å². The molecule has 1 fully saturated rings. The highest BCUT2D eigenvalue weighted by atomic mass is 28.4. The molecule has 0 radical (unpaired) electrons. The van der Waals surface area contributed by atoms with Gasteiger partial charge in [-0.1, -0.05) is 45.1 Å². The molecule has 1 aliphatic rings. The highest BCUT2D eigenvalue weighted by Crippen LogP contribution is 2.31. The van der Waals surface area contributed by atoms with Gasteiger partial charge in [-0.05, 0) is 56.4 Å². The van der Waals surface area contributed by atoms with Gasteiger partial charge in [0.25, 0.3) is 0 Å². The Morgan fingerprint density at radius 2 is 1.95 bits per heavy atom. The molecule has 1 aliphatic carbocycles. The van der Waals surface area contributed by atoms with E-state index in [9.17, 15) is 0 Å². The van der Waals surface area contributed by atoms with Crippen LogP contribution >= 0.6 is 0 Å². The minimum absolute atomic E-state index is 0.757. The third-order valence-electron chi connectivity index (χ3n) is 4.46. The first-order valence-electron chi connectivity index (χ1n) is 8.62. The molecule has 2 N–H and O–H groups in total. The van der Waals surface area contributed by atoms with Crippen LogP contribution < -0.4 is 5.73 Å². The molecule has 2 nitrogen and oxygen atoms in total. The van der Waals surface area contributed by atoms with Gasteiger partial charge in [0.15, 0.2) is 8.32 Å². The van der Waals surface area contributed by atoms with Gasteiger partial charge in [0.1, 0.15) is 0 Å². The van der Waals surface area contributed by atoms with Gasteiger partial charge in [0.05, 0.1) is 6.61 Å². The van der Waals surface area contributed by atoms with Crippen molar-refractivity contribution < 1.29 is 4.43 Å². The Kier molecular flexibility index (Phi) is 8.74. The minimum atomic E-state index is -1.46. The first-order chi connectivity index (χ1) is 9.59. The van der Waals surface area contributed by atoms with Crippen LogP contribution in [0.2, 0.25) is 19.1 Å². The molecule has 118 valence electrons. The highest BCUT2D eigenvalue weighted by molar-refractivity contribution is 6.71. The van der Waals surface area contributed by atoms with Crippen molar-refractivity contribution in [1.29, 1.82) is 0 Å². The molecular formula is C17H35NOSi. The van der Waals surface area contributed by atoms with Gasteiger partial charge < -0.3 is 10.2 Å². The third kappa shape index (κ3) is 7.05. The summed E-state index contributed by atoms with van der Waals surface area (Å²) >= 11 is 0. The van der Waals surface area contributed by atoms with Crippen LogP contribution in [0.15, 0.2) is 11.6 Å². The zero-order valence-electron chi connectivity index (χ0n) is 13.9. The van der Waals surface area contributed by atoms with Crippen molar-refractivity contribution in [3.05, 3.63) is 11.6 Å². The molecule has 0 aromatic heterocycles. The molecule has 0 atom stereocenters. The van der Waals surface area contributed by atoms with E-state index in [1.165, 1.54) is 51.0 Å². The van der Waals surface area contributed by atoms with E-state index in [-0.39, 0.29) is 0 Å². The Bertz CT molecular complexity index is 283. The third-order valence-corrected chi connectivity index (χ3v) is 6.95. The Morgan fingerprint density at radius 1 is 1.25 bits per heavy atom. The summed E-state index contributed by atoms with van der Waals surface area (Å²) < 4.78 is 6.37. The molecule has 0 amide bonds. The average molecular weight is 298 g/mol. The molecule has 1 saturated carbocycles. The van der Waals surface area contributed by atoms with Crippen LogP contribution in [0.25, 0.3) is 0 Å². The molecule has 0 aliphatic heterocycles. The fraction of sp³-hybridized carbons (Fsp3) is 0.882. The van der Waals surface area contributed by atoms with E-state index in [4.69, 9.17) is 10.2 Å². The first kappa shape index (κ1) is 17.9. The summed E-state index contributed by atoms with van der Waals surface area (Å²) in [6, 6.07) is 1.29. The van der Waals surface area contributed by atoms with Gasteiger partial charge in [-0.3, -0.25) is 0 Å². The predicted molar refractivity (Wildman–Crippen MR) is 91.5 cm³/mol. The topological polar surface area (TPSA) is 35.2 Å².